The molecule has 3 atom stereocenters. The van der Waals surface area contributed by atoms with E-state index in [4.69, 9.17) is 9.47 Å². The van der Waals surface area contributed by atoms with Gasteiger partial charge >= 0.3 is 0 Å². The zero-order valence-electron chi connectivity index (χ0n) is 11.2. The number of likely N-dealkylation sites (N-methyl/N-ethyl adjacent to an activating group) is 1. The molecule has 3 unspecified atom stereocenters. The Balaban J connectivity index is 1.98. The zero-order chi connectivity index (χ0) is 13.8. The van der Waals surface area contributed by atoms with Gasteiger partial charge in [0.05, 0.1) is 0 Å². The van der Waals surface area contributed by atoms with Gasteiger partial charge in [0, 0.05) is 25.1 Å². The number of hydrogen-bond acceptors (Lipinski definition) is 3. The molecule has 1 aliphatic rings. The van der Waals surface area contributed by atoms with Gasteiger partial charge in [0.15, 0.2) is 11.6 Å². The summed E-state index contributed by atoms with van der Waals surface area (Å²) in [5.41, 5.74) is 0. The number of nitrogens with one attached hydrogen (secondary N) is 1. The number of hydrogen-bond donors (Lipinski definition) is 1. The topological polar surface area (TPSA) is 30.5 Å². The van der Waals surface area contributed by atoms with Crippen molar-refractivity contribution in [3.63, 3.8) is 0 Å². The van der Waals surface area contributed by atoms with Crippen molar-refractivity contribution in [3.8, 4) is 5.75 Å². The lowest BCUT2D eigenvalue weighted by molar-refractivity contribution is -0.105. The monoisotopic (exact) mass is 271 g/mol. The summed E-state index contributed by atoms with van der Waals surface area (Å²) >= 11 is 0. The fourth-order valence-electron chi connectivity index (χ4n) is 2.31. The molecule has 0 spiro atoms. The Hall–Kier alpha value is -1.20. The van der Waals surface area contributed by atoms with Gasteiger partial charge in [-0.1, -0.05) is 6.92 Å². The van der Waals surface area contributed by atoms with Crippen LogP contribution in [0.3, 0.4) is 0 Å². The molecular weight excluding hydrogens is 252 g/mol. The Morgan fingerprint density at radius 1 is 1.32 bits per heavy atom. The van der Waals surface area contributed by atoms with Crippen LogP contribution in [0.2, 0.25) is 0 Å². The van der Waals surface area contributed by atoms with E-state index in [1.165, 1.54) is 12.1 Å². The third-order valence-electron chi connectivity index (χ3n) is 3.25. The van der Waals surface area contributed by atoms with Gasteiger partial charge in [-0.3, -0.25) is 0 Å². The van der Waals surface area contributed by atoms with Gasteiger partial charge in [0.2, 0.25) is 0 Å². The average Bonchev–Trinajstić information content (AvgIpc) is 2.37. The maximum absolute atomic E-state index is 13.5. The third kappa shape index (κ3) is 3.22. The van der Waals surface area contributed by atoms with Gasteiger partial charge < -0.3 is 14.8 Å². The van der Waals surface area contributed by atoms with Crippen LogP contribution in [0.1, 0.15) is 20.3 Å². The highest BCUT2D eigenvalue weighted by atomic mass is 19.1. The van der Waals surface area contributed by atoms with Gasteiger partial charge in [-0.2, -0.15) is 0 Å². The van der Waals surface area contributed by atoms with Crippen LogP contribution in [0.25, 0.3) is 0 Å². The second kappa shape index (κ2) is 6.30. The summed E-state index contributed by atoms with van der Waals surface area (Å²) in [6.45, 7) is 5.37. The van der Waals surface area contributed by atoms with Crippen molar-refractivity contribution in [1.29, 1.82) is 0 Å². The maximum Gasteiger partial charge on any atom is 0.167 e. The molecule has 0 aromatic heterocycles. The molecule has 19 heavy (non-hydrogen) atoms. The first kappa shape index (κ1) is 14.2. The predicted molar refractivity (Wildman–Crippen MR) is 68.3 cm³/mol. The highest BCUT2D eigenvalue weighted by Gasteiger charge is 2.43. The first-order chi connectivity index (χ1) is 9.15. The molecule has 0 heterocycles. The summed E-state index contributed by atoms with van der Waals surface area (Å²) < 4.78 is 37.5. The van der Waals surface area contributed by atoms with Gasteiger partial charge in [-0.05, 0) is 25.6 Å². The van der Waals surface area contributed by atoms with E-state index >= 15 is 0 Å². The van der Waals surface area contributed by atoms with E-state index < -0.39 is 11.6 Å². The molecular formula is C14H19F2NO2. The number of rotatable bonds is 6. The summed E-state index contributed by atoms with van der Waals surface area (Å²) in [5, 5.41) is 3.30. The van der Waals surface area contributed by atoms with E-state index in [-0.39, 0.29) is 24.0 Å². The Kier molecular flexibility index (Phi) is 4.71. The van der Waals surface area contributed by atoms with Crippen molar-refractivity contribution < 1.29 is 18.3 Å². The van der Waals surface area contributed by atoms with Crippen LogP contribution in [0.15, 0.2) is 18.2 Å². The molecule has 1 saturated carbocycles. The van der Waals surface area contributed by atoms with E-state index in [2.05, 4.69) is 5.32 Å². The van der Waals surface area contributed by atoms with E-state index in [0.29, 0.717) is 6.61 Å². The highest BCUT2D eigenvalue weighted by Crippen LogP contribution is 2.30. The van der Waals surface area contributed by atoms with Crippen LogP contribution in [0.4, 0.5) is 8.78 Å². The first-order valence-corrected chi connectivity index (χ1v) is 6.62. The normalized spacial score (nSPS) is 26.0. The standard InChI is InChI=1S/C14H19F2NO2/c1-3-17-11-8-13(14(11)18-4-2)19-12-6-5-9(15)7-10(12)16/h5-7,11,13-14,17H,3-4,8H2,1-2H3. The van der Waals surface area contributed by atoms with E-state index in [9.17, 15) is 8.78 Å². The third-order valence-corrected chi connectivity index (χ3v) is 3.25. The SMILES string of the molecule is CCNC1CC(Oc2ccc(F)cc2F)C1OCC. The van der Waals surface area contributed by atoms with E-state index in [1.54, 1.807) is 0 Å². The molecule has 1 aromatic rings. The molecule has 0 aliphatic heterocycles. The van der Waals surface area contributed by atoms with Crippen LogP contribution < -0.4 is 10.1 Å². The number of benzene rings is 1. The van der Waals surface area contributed by atoms with Crippen LogP contribution in [0, 0.1) is 11.6 Å². The van der Waals surface area contributed by atoms with Gasteiger partial charge in [0.1, 0.15) is 18.0 Å². The van der Waals surface area contributed by atoms with Gasteiger partial charge in [-0.15, -0.1) is 0 Å². The number of halogens is 2. The minimum absolute atomic E-state index is 0.0750. The Bertz CT molecular complexity index is 428. The lowest BCUT2D eigenvalue weighted by Crippen LogP contribution is -2.61. The van der Waals surface area contributed by atoms with E-state index in [1.807, 2.05) is 13.8 Å². The van der Waals surface area contributed by atoms with Crippen molar-refractivity contribution >= 4 is 0 Å². The smallest absolute Gasteiger partial charge is 0.167 e. The quantitative estimate of drug-likeness (QED) is 0.862. The maximum atomic E-state index is 13.5. The minimum Gasteiger partial charge on any atom is -0.485 e. The van der Waals surface area contributed by atoms with Crippen molar-refractivity contribution in [2.75, 3.05) is 13.2 Å². The minimum atomic E-state index is -0.679. The average molecular weight is 271 g/mol. The van der Waals surface area contributed by atoms with Crippen LogP contribution in [0.5, 0.6) is 5.75 Å². The van der Waals surface area contributed by atoms with E-state index in [0.717, 1.165) is 19.0 Å². The van der Waals surface area contributed by atoms with Crippen molar-refractivity contribution in [2.45, 2.75) is 38.5 Å². The molecule has 0 saturated heterocycles. The Morgan fingerprint density at radius 2 is 2.11 bits per heavy atom. The van der Waals surface area contributed by atoms with Crippen LogP contribution in [-0.2, 0) is 4.74 Å². The Labute approximate surface area is 111 Å². The second-order valence-electron chi connectivity index (χ2n) is 4.55. The molecule has 5 heteroatoms. The highest BCUT2D eigenvalue weighted by molar-refractivity contribution is 5.25. The molecule has 3 nitrogen and oxygen atoms in total. The molecule has 0 radical (unpaired) electrons. The number of ether oxygens (including phenoxy) is 2. The van der Waals surface area contributed by atoms with Crippen LogP contribution in [-0.4, -0.2) is 31.4 Å². The second-order valence-corrected chi connectivity index (χ2v) is 4.55. The molecule has 2 rings (SSSR count). The summed E-state index contributed by atoms with van der Waals surface area (Å²) in [6.07, 6.45) is 0.480. The fourth-order valence-corrected chi connectivity index (χ4v) is 2.31. The molecule has 1 aliphatic carbocycles. The molecule has 1 aromatic carbocycles. The summed E-state index contributed by atoms with van der Waals surface area (Å²) in [7, 11) is 0. The zero-order valence-corrected chi connectivity index (χ0v) is 11.2. The predicted octanol–water partition coefficient (Wildman–Crippen LogP) is 2.50. The summed E-state index contributed by atoms with van der Waals surface area (Å²) in [4.78, 5) is 0. The Morgan fingerprint density at radius 3 is 2.74 bits per heavy atom. The largest absolute Gasteiger partial charge is 0.485 e. The van der Waals surface area contributed by atoms with Gasteiger partial charge in [-0.25, -0.2) is 8.78 Å². The van der Waals surface area contributed by atoms with Gasteiger partial charge in [0.25, 0.3) is 0 Å². The molecule has 0 amide bonds. The molecule has 106 valence electrons. The molecule has 1 N–H and O–H groups in total. The summed E-state index contributed by atoms with van der Waals surface area (Å²) in [6, 6.07) is 3.56. The molecule has 0 bridgehead atoms. The van der Waals surface area contributed by atoms with Crippen molar-refractivity contribution in [1.82, 2.24) is 5.32 Å². The summed E-state index contributed by atoms with van der Waals surface area (Å²) in [5.74, 6) is -1.21. The van der Waals surface area contributed by atoms with Crippen molar-refractivity contribution in [3.05, 3.63) is 29.8 Å². The fraction of sp³-hybridized carbons (Fsp3) is 0.571. The lowest BCUT2D eigenvalue weighted by Gasteiger charge is -2.44. The lowest BCUT2D eigenvalue weighted by atomic mass is 9.85. The molecule has 1 fully saturated rings. The first-order valence-electron chi connectivity index (χ1n) is 6.62. The van der Waals surface area contributed by atoms with Crippen LogP contribution >= 0.6 is 0 Å². The van der Waals surface area contributed by atoms with Crippen molar-refractivity contribution in [2.24, 2.45) is 0 Å².